The summed E-state index contributed by atoms with van der Waals surface area (Å²) in [5.74, 6) is -0.683. The first-order chi connectivity index (χ1) is 9.73. The zero-order valence-corrected chi connectivity index (χ0v) is 12.6. The van der Waals surface area contributed by atoms with Gasteiger partial charge in [0.1, 0.15) is 11.3 Å². The van der Waals surface area contributed by atoms with Gasteiger partial charge in [-0.3, -0.25) is 4.79 Å². The number of benzene rings is 1. The molecule has 1 N–H and O–H groups in total. The minimum Gasteiger partial charge on any atom is -0.497 e. The van der Waals surface area contributed by atoms with Crippen molar-refractivity contribution in [2.75, 3.05) is 7.11 Å². The van der Waals surface area contributed by atoms with Crippen LogP contribution >= 0.6 is 0 Å². The Morgan fingerprint density at radius 1 is 1.33 bits per heavy atom. The number of carbonyl (C=O) groups is 1. The highest BCUT2D eigenvalue weighted by atomic mass is 16.5. The molecule has 0 aliphatic rings. The molecule has 0 aliphatic heterocycles. The Morgan fingerprint density at radius 2 is 2.00 bits per heavy atom. The van der Waals surface area contributed by atoms with Crippen LogP contribution in [0.4, 0.5) is 0 Å². The lowest BCUT2D eigenvalue weighted by atomic mass is 9.96. The van der Waals surface area contributed by atoms with E-state index in [1.54, 1.807) is 18.2 Å². The summed E-state index contributed by atoms with van der Waals surface area (Å²) in [6.45, 7) is 6.78. The SMILES string of the molecule is COc1ccc2c(c1)c(=O)c(C(=O)O)cn2CC(C)(C)C. The smallest absolute Gasteiger partial charge is 0.341 e. The summed E-state index contributed by atoms with van der Waals surface area (Å²) in [5, 5.41) is 9.59. The second-order valence-electron chi connectivity index (χ2n) is 6.25. The molecule has 112 valence electrons. The summed E-state index contributed by atoms with van der Waals surface area (Å²) < 4.78 is 6.94. The zero-order chi connectivity index (χ0) is 15.8. The van der Waals surface area contributed by atoms with Crippen molar-refractivity contribution in [1.29, 1.82) is 0 Å². The second-order valence-corrected chi connectivity index (χ2v) is 6.25. The number of hydrogen-bond donors (Lipinski definition) is 1. The van der Waals surface area contributed by atoms with E-state index in [0.29, 0.717) is 23.2 Å². The molecule has 1 aromatic carbocycles. The van der Waals surface area contributed by atoms with E-state index in [1.807, 2.05) is 4.57 Å². The third kappa shape index (κ3) is 3.07. The fourth-order valence-corrected chi connectivity index (χ4v) is 2.30. The second kappa shape index (κ2) is 5.24. The Labute approximate surface area is 122 Å². The lowest BCUT2D eigenvalue weighted by Crippen LogP contribution is -2.22. The quantitative estimate of drug-likeness (QED) is 0.943. The summed E-state index contributed by atoms with van der Waals surface area (Å²) in [5.41, 5.74) is -0.0418. The van der Waals surface area contributed by atoms with Gasteiger partial charge in [0.25, 0.3) is 0 Å². The molecule has 0 fully saturated rings. The average molecular weight is 289 g/mol. The number of fused-ring (bicyclic) bond motifs is 1. The van der Waals surface area contributed by atoms with Crippen LogP contribution in [0, 0.1) is 5.41 Å². The van der Waals surface area contributed by atoms with Crippen molar-refractivity contribution in [3.8, 4) is 5.75 Å². The predicted octanol–water partition coefficient (Wildman–Crippen LogP) is 2.75. The van der Waals surface area contributed by atoms with Gasteiger partial charge in [-0.25, -0.2) is 4.79 Å². The molecule has 2 rings (SSSR count). The van der Waals surface area contributed by atoms with Crippen LogP contribution in [0.2, 0.25) is 0 Å². The normalized spacial score (nSPS) is 11.6. The van der Waals surface area contributed by atoms with E-state index in [0.717, 1.165) is 0 Å². The lowest BCUT2D eigenvalue weighted by Gasteiger charge is -2.22. The number of aromatic carboxylic acids is 1. The molecule has 0 amide bonds. The molecule has 1 aromatic heterocycles. The minimum absolute atomic E-state index is 0.0439. The van der Waals surface area contributed by atoms with Crippen molar-refractivity contribution in [2.45, 2.75) is 27.3 Å². The van der Waals surface area contributed by atoms with Gasteiger partial charge in [0.05, 0.1) is 18.0 Å². The summed E-state index contributed by atoms with van der Waals surface area (Å²) >= 11 is 0. The molecule has 0 atom stereocenters. The minimum atomic E-state index is -1.22. The van der Waals surface area contributed by atoms with Gasteiger partial charge < -0.3 is 14.4 Å². The van der Waals surface area contributed by atoms with E-state index < -0.39 is 11.4 Å². The maximum Gasteiger partial charge on any atom is 0.341 e. The Hall–Kier alpha value is -2.30. The van der Waals surface area contributed by atoms with Gasteiger partial charge in [-0.05, 0) is 23.6 Å². The molecular weight excluding hydrogens is 270 g/mol. The lowest BCUT2D eigenvalue weighted by molar-refractivity contribution is 0.0694. The third-order valence-corrected chi connectivity index (χ3v) is 3.16. The molecule has 0 spiro atoms. The third-order valence-electron chi connectivity index (χ3n) is 3.16. The Morgan fingerprint density at radius 3 is 2.52 bits per heavy atom. The monoisotopic (exact) mass is 289 g/mol. The topological polar surface area (TPSA) is 68.5 Å². The number of nitrogens with zero attached hydrogens (tertiary/aromatic N) is 1. The van der Waals surface area contributed by atoms with Gasteiger partial charge in [0, 0.05) is 12.7 Å². The largest absolute Gasteiger partial charge is 0.497 e. The molecule has 0 aliphatic carbocycles. The average Bonchev–Trinajstić information content (AvgIpc) is 2.39. The number of carboxylic acid groups (broad SMARTS) is 1. The predicted molar refractivity (Wildman–Crippen MR) is 81.2 cm³/mol. The van der Waals surface area contributed by atoms with E-state index in [4.69, 9.17) is 4.74 Å². The highest BCUT2D eigenvalue weighted by Crippen LogP contribution is 2.23. The summed E-state index contributed by atoms with van der Waals surface area (Å²) in [6, 6.07) is 5.14. The van der Waals surface area contributed by atoms with Crippen LogP contribution in [0.15, 0.2) is 29.2 Å². The van der Waals surface area contributed by atoms with Gasteiger partial charge in [-0.15, -0.1) is 0 Å². The van der Waals surface area contributed by atoms with Crippen molar-refractivity contribution in [3.63, 3.8) is 0 Å². The number of carboxylic acids is 1. The van der Waals surface area contributed by atoms with Crippen molar-refractivity contribution in [3.05, 3.63) is 40.2 Å². The van der Waals surface area contributed by atoms with Crippen LogP contribution in [0.5, 0.6) is 5.75 Å². The highest BCUT2D eigenvalue weighted by Gasteiger charge is 2.18. The molecule has 0 saturated heterocycles. The first kappa shape index (κ1) is 15.1. The maximum absolute atomic E-state index is 12.3. The molecule has 2 aromatic rings. The maximum atomic E-state index is 12.3. The number of pyridine rings is 1. The number of hydrogen-bond acceptors (Lipinski definition) is 3. The van der Waals surface area contributed by atoms with E-state index >= 15 is 0 Å². The van der Waals surface area contributed by atoms with Gasteiger partial charge in [0.2, 0.25) is 5.43 Å². The zero-order valence-electron chi connectivity index (χ0n) is 12.6. The Bertz CT molecular complexity index is 753. The van der Waals surface area contributed by atoms with Crippen LogP contribution in [-0.4, -0.2) is 22.8 Å². The summed E-state index contributed by atoms with van der Waals surface area (Å²) in [7, 11) is 1.51. The highest BCUT2D eigenvalue weighted by molar-refractivity contribution is 5.92. The molecule has 0 bridgehead atoms. The van der Waals surface area contributed by atoms with Gasteiger partial charge >= 0.3 is 5.97 Å². The van der Waals surface area contributed by atoms with Gasteiger partial charge in [-0.1, -0.05) is 20.8 Å². The summed E-state index contributed by atoms with van der Waals surface area (Å²) in [6.07, 6.45) is 1.42. The molecule has 0 saturated carbocycles. The molecule has 5 heteroatoms. The van der Waals surface area contributed by atoms with Crippen LogP contribution in [0.3, 0.4) is 0 Å². The Kier molecular flexibility index (Phi) is 3.77. The van der Waals surface area contributed by atoms with Crippen LogP contribution in [0.25, 0.3) is 10.9 Å². The molecule has 5 nitrogen and oxygen atoms in total. The molecule has 1 heterocycles. The Balaban J connectivity index is 2.81. The van der Waals surface area contributed by atoms with Crippen LogP contribution in [-0.2, 0) is 6.54 Å². The van der Waals surface area contributed by atoms with Crippen molar-refractivity contribution in [1.82, 2.24) is 4.57 Å². The number of aromatic nitrogens is 1. The molecule has 21 heavy (non-hydrogen) atoms. The van der Waals surface area contributed by atoms with Gasteiger partial charge in [0.15, 0.2) is 0 Å². The number of ether oxygens (including phenoxy) is 1. The van der Waals surface area contributed by atoms with Crippen molar-refractivity contribution in [2.24, 2.45) is 5.41 Å². The summed E-state index contributed by atoms with van der Waals surface area (Å²) in [4.78, 5) is 23.6. The fraction of sp³-hybridized carbons (Fsp3) is 0.375. The van der Waals surface area contributed by atoms with E-state index in [1.165, 1.54) is 13.3 Å². The van der Waals surface area contributed by atoms with E-state index in [9.17, 15) is 14.7 Å². The molecular formula is C16H19NO4. The standard InChI is InChI=1S/C16H19NO4/c1-16(2,3)9-17-8-12(15(19)20)14(18)11-7-10(21-4)5-6-13(11)17/h5-8H,9H2,1-4H3,(H,19,20). The van der Waals surface area contributed by atoms with Crippen molar-refractivity contribution < 1.29 is 14.6 Å². The molecule has 0 unspecified atom stereocenters. The number of rotatable bonds is 3. The van der Waals surface area contributed by atoms with E-state index in [2.05, 4.69) is 20.8 Å². The molecule has 0 radical (unpaired) electrons. The van der Waals surface area contributed by atoms with Crippen LogP contribution in [0.1, 0.15) is 31.1 Å². The van der Waals surface area contributed by atoms with Crippen molar-refractivity contribution >= 4 is 16.9 Å². The van der Waals surface area contributed by atoms with Gasteiger partial charge in [-0.2, -0.15) is 0 Å². The fourth-order valence-electron chi connectivity index (χ4n) is 2.30. The first-order valence-corrected chi connectivity index (χ1v) is 6.67. The van der Waals surface area contributed by atoms with E-state index in [-0.39, 0.29) is 11.0 Å². The number of methoxy groups -OCH3 is 1. The van der Waals surface area contributed by atoms with Crippen LogP contribution < -0.4 is 10.2 Å². The first-order valence-electron chi connectivity index (χ1n) is 6.67.